The van der Waals surface area contributed by atoms with E-state index in [0.29, 0.717) is 5.56 Å². The third kappa shape index (κ3) is 3.15. The van der Waals surface area contributed by atoms with Crippen LogP contribution in [0.15, 0.2) is 42.7 Å². The van der Waals surface area contributed by atoms with Crippen LogP contribution in [0.1, 0.15) is 37.1 Å². The van der Waals surface area contributed by atoms with Crippen LogP contribution in [0.4, 0.5) is 8.78 Å². The number of rotatable bonds is 4. The SMILES string of the molecule is CC(N[C@H](C)c1ccncc1)c1cccc(F)c1F. The molecule has 1 aromatic carbocycles. The Labute approximate surface area is 111 Å². The highest BCUT2D eigenvalue weighted by atomic mass is 19.2. The first-order chi connectivity index (χ1) is 9.09. The Balaban J connectivity index is 2.13. The van der Waals surface area contributed by atoms with Gasteiger partial charge >= 0.3 is 0 Å². The molecule has 0 amide bonds. The molecular weight excluding hydrogens is 246 g/mol. The van der Waals surface area contributed by atoms with Gasteiger partial charge in [-0.25, -0.2) is 8.78 Å². The molecule has 1 aromatic heterocycles. The lowest BCUT2D eigenvalue weighted by Crippen LogP contribution is -2.23. The molecule has 0 spiro atoms. The normalized spacial score (nSPS) is 14.1. The van der Waals surface area contributed by atoms with Gasteiger partial charge in [0.1, 0.15) is 0 Å². The third-order valence-electron chi connectivity index (χ3n) is 3.15. The fourth-order valence-electron chi connectivity index (χ4n) is 2.07. The zero-order valence-electron chi connectivity index (χ0n) is 10.9. The van der Waals surface area contributed by atoms with Crippen molar-refractivity contribution < 1.29 is 8.78 Å². The van der Waals surface area contributed by atoms with Gasteiger partial charge < -0.3 is 5.32 Å². The molecular formula is C15H16F2N2. The fourth-order valence-corrected chi connectivity index (χ4v) is 2.07. The maximum atomic E-state index is 13.7. The lowest BCUT2D eigenvalue weighted by atomic mass is 10.0. The molecule has 2 rings (SSSR count). The van der Waals surface area contributed by atoms with Crippen LogP contribution in [0.3, 0.4) is 0 Å². The minimum Gasteiger partial charge on any atom is -0.304 e. The van der Waals surface area contributed by atoms with Crippen LogP contribution < -0.4 is 5.32 Å². The minimum atomic E-state index is -0.817. The summed E-state index contributed by atoms with van der Waals surface area (Å²) in [5, 5.41) is 3.25. The Morgan fingerprint density at radius 1 is 1.00 bits per heavy atom. The number of hydrogen-bond acceptors (Lipinski definition) is 2. The fraction of sp³-hybridized carbons (Fsp3) is 0.267. The van der Waals surface area contributed by atoms with Crippen molar-refractivity contribution in [2.45, 2.75) is 25.9 Å². The van der Waals surface area contributed by atoms with Crippen LogP contribution in [0, 0.1) is 11.6 Å². The van der Waals surface area contributed by atoms with E-state index in [4.69, 9.17) is 0 Å². The number of hydrogen-bond donors (Lipinski definition) is 1. The largest absolute Gasteiger partial charge is 0.304 e. The van der Waals surface area contributed by atoms with Crippen molar-refractivity contribution in [3.8, 4) is 0 Å². The molecule has 0 saturated carbocycles. The summed E-state index contributed by atoms with van der Waals surface area (Å²) < 4.78 is 26.9. The highest BCUT2D eigenvalue weighted by Crippen LogP contribution is 2.22. The number of benzene rings is 1. The zero-order valence-corrected chi connectivity index (χ0v) is 10.9. The average molecular weight is 262 g/mol. The first-order valence-electron chi connectivity index (χ1n) is 6.19. The monoisotopic (exact) mass is 262 g/mol. The van der Waals surface area contributed by atoms with Crippen LogP contribution in [-0.4, -0.2) is 4.98 Å². The van der Waals surface area contributed by atoms with Gasteiger partial charge in [-0.15, -0.1) is 0 Å². The van der Waals surface area contributed by atoms with E-state index in [1.807, 2.05) is 26.0 Å². The van der Waals surface area contributed by atoms with Crippen molar-refractivity contribution in [3.05, 3.63) is 65.5 Å². The summed E-state index contributed by atoms with van der Waals surface area (Å²) in [5.41, 5.74) is 1.39. The van der Waals surface area contributed by atoms with Crippen molar-refractivity contribution >= 4 is 0 Å². The Kier molecular flexibility index (Phi) is 4.22. The maximum absolute atomic E-state index is 13.7. The van der Waals surface area contributed by atoms with Gasteiger partial charge in [-0.05, 0) is 37.6 Å². The molecule has 4 heteroatoms. The summed E-state index contributed by atoms with van der Waals surface area (Å²) in [6.07, 6.45) is 3.42. The van der Waals surface area contributed by atoms with Gasteiger partial charge in [0.2, 0.25) is 0 Å². The van der Waals surface area contributed by atoms with E-state index in [9.17, 15) is 8.78 Å². The molecule has 100 valence electrons. The predicted octanol–water partition coefficient (Wildman–Crippen LogP) is 3.77. The Morgan fingerprint density at radius 3 is 2.37 bits per heavy atom. The van der Waals surface area contributed by atoms with Crippen molar-refractivity contribution in [1.29, 1.82) is 0 Å². The molecule has 0 aliphatic carbocycles. The maximum Gasteiger partial charge on any atom is 0.163 e. The molecule has 1 unspecified atom stereocenters. The number of pyridine rings is 1. The first-order valence-corrected chi connectivity index (χ1v) is 6.19. The smallest absolute Gasteiger partial charge is 0.163 e. The average Bonchev–Trinajstić information content (AvgIpc) is 2.42. The Bertz CT molecular complexity index is 543. The van der Waals surface area contributed by atoms with Crippen molar-refractivity contribution in [3.63, 3.8) is 0 Å². The molecule has 0 aliphatic heterocycles. The molecule has 2 atom stereocenters. The highest BCUT2D eigenvalue weighted by Gasteiger charge is 2.16. The summed E-state index contributed by atoms with van der Waals surface area (Å²) in [5.74, 6) is -1.60. The van der Waals surface area contributed by atoms with Gasteiger partial charge in [0.25, 0.3) is 0 Å². The first kappa shape index (κ1) is 13.6. The zero-order chi connectivity index (χ0) is 13.8. The molecule has 19 heavy (non-hydrogen) atoms. The summed E-state index contributed by atoms with van der Waals surface area (Å²) in [6, 6.07) is 7.77. The lowest BCUT2D eigenvalue weighted by Gasteiger charge is -2.21. The van der Waals surface area contributed by atoms with Crippen LogP contribution >= 0.6 is 0 Å². The molecule has 1 heterocycles. The second-order valence-electron chi connectivity index (χ2n) is 4.53. The van der Waals surface area contributed by atoms with Gasteiger partial charge in [-0.1, -0.05) is 12.1 Å². The topological polar surface area (TPSA) is 24.9 Å². The van der Waals surface area contributed by atoms with Crippen molar-refractivity contribution in [1.82, 2.24) is 10.3 Å². The van der Waals surface area contributed by atoms with E-state index in [1.165, 1.54) is 6.07 Å². The van der Waals surface area contributed by atoms with Crippen molar-refractivity contribution in [2.24, 2.45) is 0 Å². The molecule has 2 nitrogen and oxygen atoms in total. The van der Waals surface area contributed by atoms with E-state index in [-0.39, 0.29) is 12.1 Å². The van der Waals surface area contributed by atoms with Gasteiger partial charge in [-0.2, -0.15) is 0 Å². The molecule has 1 N–H and O–H groups in total. The minimum absolute atomic E-state index is 0.0284. The van der Waals surface area contributed by atoms with Gasteiger partial charge in [0, 0.05) is 30.0 Å². The summed E-state index contributed by atoms with van der Waals surface area (Å²) in [4.78, 5) is 3.95. The van der Waals surface area contributed by atoms with Gasteiger partial charge in [0.15, 0.2) is 11.6 Å². The second kappa shape index (κ2) is 5.89. The van der Waals surface area contributed by atoms with E-state index in [2.05, 4.69) is 10.3 Å². The van der Waals surface area contributed by atoms with Crippen molar-refractivity contribution in [2.75, 3.05) is 0 Å². The van der Waals surface area contributed by atoms with Crippen LogP contribution in [0.25, 0.3) is 0 Å². The van der Waals surface area contributed by atoms with E-state index in [1.54, 1.807) is 18.5 Å². The number of nitrogens with zero attached hydrogens (tertiary/aromatic N) is 1. The standard InChI is InChI=1S/C15H16F2N2/c1-10(12-6-8-18-9-7-12)19-11(2)13-4-3-5-14(16)15(13)17/h3-11,19H,1-2H3/t10-,11?/m1/s1. The van der Waals surface area contributed by atoms with E-state index in [0.717, 1.165) is 11.6 Å². The third-order valence-corrected chi connectivity index (χ3v) is 3.15. The Hall–Kier alpha value is -1.81. The van der Waals surface area contributed by atoms with Gasteiger partial charge in [0.05, 0.1) is 0 Å². The molecule has 0 bridgehead atoms. The van der Waals surface area contributed by atoms with Crippen LogP contribution in [0.5, 0.6) is 0 Å². The summed E-state index contributed by atoms with van der Waals surface area (Å²) in [7, 11) is 0. The number of nitrogens with one attached hydrogen (secondary N) is 1. The molecule has 0 aliphatic rings. The van der Waals surface area contributed by atoms with Crippen LogP contribution in [0.2, 0.25) is 0 Å². The van der Waals surface area contributed by atoms with Crippen LogP contribution in [-0.2, 0) is 0 Å². The number of halogens is 2. The second-order valence-corrected chi connectivity index (χ2v) is 4.53. The summed E-state index contributed by atoms with van der Waals surface area (Å²) >= 11 is 0. The Morgan fingerprint density at radius 2 is 1.68 bits per heavy atom. The van der Waals surface area contributed by atoms with E-state index < -0.39 is 11.6 Å². The quantitative estimate of drug-likeness (QED) is 0.907. The molecule has 0 radical (unpaired) electrons. The highest BCUT2D eigenvalue weighted by molar-refractivity contribution is 5.23. The molecule has 0 fully saturated rings. The number of aromatic nitrogens is 1. The molecule has 0 saturated heterocycles. The van der Waals surface area contributed by atoms with Gasteiger partial charge in [-0.3, -0.25) is 4.98 Å². The van der Waals surface area contributed by atoms with E-state index >= 15 is 0 Å². The summed E-state index contributed by atoms with van der Waals surface area (Å²) in [6.45, 7) is 3.79. The predicted molar refractivity (Wildman–Crippen MR) is 70.6 cm³/mol. The molecule has 2 aromatic rings. The lowest BCUT2D eigenvalue weighted by molar-refractivity contribution is 0.449.